The van der Waals surface area contributed by atoms with Gasteiger partial charge in [0.15, 0.2) is 5.76 Å². The van der Waals surface area contributed by atoms with Crippen LogP contribution in [0.2, 0.25) is 0 Å². The Morgan fingerprint density at radius 3 is 2.70 bits per heavy atom. The van der Waals surface area contributed by atoms with E-state index in [1.807, 2.05) is 0 Å². The van der Waals surface area contributed by atoms with Crippen molar-refractivity contribution >= 4 is 11.7 Å². The van der Waals surface area contributed by atoms with Crippen LogP contribution >= 0.6 is 0 Å². The molecule has 0 unspecified atom stereocenters. The number of benzene rings is 1. The first kappa shape index (κ1) is 15.2. The van der Waals surface area contributed by atoms with Crippen LogP contribution in [-0.4, -0.2) is 29.9 Å². The van der Waals surface area contributed by atoms with Gasteiger partial charge in [-0.1, -0.05) is 12.1 Å². The first-order chi connectivity index (χ1) is 11.1. The highest BCUT2D eigenvalue weighted by molar-refractivity contribution is 6.15. The monoisotopic (exact) mass is 315 g/mol. The fourth-order valence-electron chi connectivity index (χ4n) is 2.54. The topological polar surface area (TPSA) is 79.5 Å². The Morgan fingerprint density at radius 1 is 1.26 bits per heavy atom. The minimum Gasteiger partial charge on any atom is -0.461 e. The molecular weight excluding hydrogens is 301 g/mol. The van der Waals surface area contributed by atoms with E-state index in [0.717, 1.165) is 5.56 Å². The van der Waals surface area contributed by atoms with Gasteiger partial charge in [-0.15, -0.1) is 0 Å². The lowest BCUT2D eigenvalue weighted by atomic mass is 9.99. The van der Waals surface area contributed by atoms with Gasteiger partial charge in [0.2, 0.25) is 11.7 Å². The second-order valence-electron chi connectivity index (χ2n) is 5.21. The molecule has 1 aliphatic heterocycles. The first-order valence-corrected chi connectivity index (χ1v) is 7.06. The number of hydrogen-bond acceptors (Lipinski definition) is 4. The second-order valence-corrected chi connectivity index (χ2v) is 5.21. The number of furan rings is 1. The molecule has 0 atom stereocenters. The molecule has 0 saturated carbocycles. The molecule has 2 N–H and O–H groups in total. The van der Waals surface area contributed by atoms with E-state index in [1.54, 1.807) is 18.2 Å². The van der Waals surface area contributed by atoms with Gasteiger partial charge in [-0.3, -0.25) is 9.59 Å². The number of halogens is 1. The van der Waals surface area contributed by atoms with Crippen LogP contribution in [0.4, 0.5) is 4.39 Å². The summed E-state index contributed by atoms with van der Waals surface area (Å²) in [4.78, 5) is 24.1. The zero-order chi connectivity index (χ0) is 16.4. The van der Waals surface area contributed by atoms with Gasteiger partial charge < -0.3 is 14.8 Å². The Balaban J connectivity index is 1.89. The number of Topliss-reactive ketones (excluding diaryl/α,β-unsaturated/α-hetero) is 1. The zero-order valence-corrected chi connectivity index (χ0v) is 12.1. The van der Waals surface area contributed by atoms with Crippen molar-refractivity contribution in [1.82, 2.24) is 5.32 Å². The zero-order valence-electron chi connectivity index (χ0n) is 12.1. The SMILES string of the molecule is O=C1NCC(C(=O)c2occc2Cc2ccc(F)cc2)=C1CO. The highest BCUT2D eigenvalue weighted by Gasteiger charge is 2.29. The molecule has 0 aliphatic carbocycles. The number of ketones is 1. The Kier molecular flexibility index (Phi) is 4.08. The molecule has 0 fully saturated rings. The summed E-state index contributed by atoms with van der Waals surface area (Å²) in [6.07, 6.45) is 1.80. The largest absolute Gasteiger partial charge is 0.461 e. The van der Waals surface area contributed by atoms with Crippen LogP contribution in [0.5, 0.6) is 0 Å². The highest BCUT2D eigenvalue weighted by Crippen LogP contribution is 2.22. The summed E-state index contributed by atoms with van der Waals surface area (Å²) >= 11 is 0. The van der Waals surface area contributed by atoms with Gasteiger partial charge in [0.05, 0.1) is 18.4 Å². The quantitative estimate of drug-likeness (QED) is 0.822. The van der Waals surface area contributed by atoms with Crippen molar-refractivity contribution in [3.8, 4) is 0 Å². The molecule has 1 aromatic carbocycles. The minimum absolute atomic E-state index is 0.0686. The van der Waals surface area contributed by atoms with Crippen molar-refractivity contribution in [3.05, 3.63) is 70.4 Å². The van der Waals surface area contributed by atoms with E-state index in [1.165, 1.54) is 18.4 Å². The lowest BCUT2D eigenvalue weighted by Crippen LogP contribution is -2.18. The van der Waals surface area contributed by atoms with Gasteiger partial charge in [0, 0.05) is 24.1 Å². The molecule has 0 bridgehead atoms. The molecule has 2 aromatic rings. The van der Waals surface area contributed by atoms with Crippen molar-refractivity contribution in [1.29, 1.82) is 0 Å². The number of nitrogens with one attached hydrogen (secondary N) is 1. The summed E-state index contributed by atoms with van der Waals surface area (Å²) in [6.45, 7) is -0.425. The summed E-state index contributed by atoms with van der Waals surface area (Å²) in [7, 11) is 0. The third kappa shape index (κ3) is 2.93. The molecule has 3 rings (SSSR count). The van der Waals surface area contributed by atoms with Gasteiger partial charge in [-0.2, -0.15) is 0 Å². The molecule has 2 heterocycles. The average Bonchev–Trinajstić information content (AvgIpc) is 3.15. The number of rotatable bonds is 5. The molecule has 5 nitrogen and oxygen atoms in total. The lowest BCUT2D eigenvalue weighted by Gasteiger charge is -2.04. The summed E-state index contributed by atoms with van der Waals surface area (Å²) < 4.78 is 18.2. The fraction of sp³-hybridized carbons (Fsp3) is 0.176. The van der Waals surface area contributed by atoms with Crippen molar-refractivity contribution in [2.75, 3.05) is 13.2 Å². The Bertz CT molecular complexity index is 789. The number of hydrogen-bond donors (Lipinski definition) is 2. The Hall–Kier alpha value is -2.73. The van der Waals surface area contributed by atoms with E-state index in [2.05, 4.69) is 5.32 Å². The van der Waals surface area contributed by atoms with Crippen LogP contribution in [0.3, 0.4) is 0 Å². The van der Waals surface area contributed by atoms with Crippen molar-refractivity contribution in [3.63, 3.8) is 0 Å². The molecule has 118 valence electrons. The van der Waals surface area contributed by atoms with E-state index in [-0.39, 0.29) is 29.3 Å². The number of carbonyl (C=O) groups is 2. The van der Waals surface area contributed by atoms with Gasteiger partial charge >= 0.3 is 0 Å². The number of aliphatic hydroxyl groups is 1. The predicted octanol–water partition coefficient (Wildman–Crippen LogP) is 1.61. The summed E-state index contributed by atoms with van der Waals surface area (Å²) in [5.41, 5.74) is 1.76. The van der Waals surface area contributed by atoms with Crippen LogP contribution < -0.4 is 5.32 Å². The Labute approximate surface area is 131 Å². The second kappa shape index (κ2) is 6.18. The molecule has 23 heavy (non-hydrogen) atoms. The number of aliphatic hydroxyl groups excluding tert-OH is 1. The van der Waals surface area contributed by atoms with Crippen LogP contribution in [0.1, 0.15) is 21.7 Å². The van der Waals surface area contributed by atoms with Crippen LogP contribution in [0.25, 0.3) is 0 Å². The summed E-state index contributed by atoms with van der Waals surface area (Å²) in [6, 6.07) is 7.64. The van der Waals surface area contributed by atoms with E-state index in [9.17, 15) is 19.1 Å². The summed E-state index contributed by atoms with van der Waals surface area (Å²) in [5.74, 6) is -1.06. The molecule has 1 aliphatic rings. The third-order valence-electron chi connectivity index (χ3n) is 3.76. The van der Waals surface area contributed by atoms with Gasteiger partial charge in [-0.25, -0.2) is 4.39 Å². The average molecular weight is 315 g/mol. The van der Waals surface area contributed by atoms with Crippen molar-refractivity contribution in [2.45, 2.75) is 6.42 Å². The third-order valence-corrected chi connectivity index (χ3v) is 3.76. The normalized spacial score (nSPS) is 14.3. The van der Waals surface area contributed by atoms with Gasteiger partial charge in [-0.05, 0) is 23.8 Å². The van der Waals surface area contributed by atoms with Crippen LogP contribution in [0.15, 0.2) is 52.2 Å². The van der Waals surface area contributed by atoms with Crippen LogP contribution in [0, 0.1) is 5.82 Å². The number of carbonyl (C=O) groups excluding carboxylic acids is 2. The van der Waals surface area contributed by atoms with E-state index in [0.29, 0.717) is 12.0 Å². The molecule has 0 saturated heterocycles. The summed E-state index contributed by atoms with van der Waals surface area (Å²) in [5, 5.41) is 11.8. The highest BCUT2D eigenvalue weighted by atomic mass is 19.1. The predicted molar refractivity (Wildman–Crippen MR) is 79.4 cm³/mol. The number of amides is 1. The van der Waals surface area contributed by atoms with Crippen molar-refractivity contribution < 1.29 is 23.5 Å². The smallest absolute Gasteiger partial charge is 0.250 e. The van der Waals surface area contributed by atoms with Crippen molar-refractivity contribution in [2.24, 2.45) is 0 Å². The standard InChI is InChI=1S/C17H14FNO4/c18-12-3-1-10(2-4-12)7-11-5-6-23-16(11)15(21)13-8-19-17(22)14(13)9-20/h1-6,20H,7-9H2,(H,19,22). The minimum atomic E-state index is -0.499. The molecule has 6 heteroatoms. The van der Waals surface area contributed by atoms with E-state index < -0.39 is 18.3 Å². The molecular formula is C17H14FNO4. The van der Waals surface area contributed by atoms with Gasteiger partial charge in [0.25, 0.3) is 0 Å². The fourth-order valence-corrected chi connectivity index (χ4v) is 2.54. The lowest BCUT2D eigenvalue weighted by molar-refractivity contribution is -0.117. The molecule has 0 spiro atoms. The molecule has 0 radical (unpaired) electrons. The molecule has 1 aromatic heterocycles. The van der Waals surface area contributed by atoms with Crippen LogP contribution in [-0.2, 0) is 11.2 Å². The maximum atomic E-state index is 13.0. The maximum Gasteiger partial charge on any atom is 0.250 e. The Morgan fingerprint density at radius 2 is 2.00 bits per heavy atom. The molecule has 1 amide bonds. The van der Waals surface area contributed by atoms with E-state index in [4.69, 9.17) is 4.42 Å². The first-order valence-electron chi connectivity index (χ1n) is 7.06. The van der Waals surface area contributed by atoms with E-state index >= 15 is 0 Å². The maximum absolute atomic E-state index is 13.0. The van der Waals surface area contributed by atoms with Gasteiger partial charge in [0.1, 0.15) is 5.82 Å².